The van der Waals surface area contributed by atoms with E-state index in [1.54, 1.807) is 0 Å². The van der Waals surface area contributed by atoms with E-state index >= 15 is 0 Å². The summed E-state index contributed by atoms with van der Waals surface area (Å²) in [7, 11) is -2.19. The summed E-state index contributed by atoms with van der Waals surface area (Å²) >= 11 is 0. The molecule has 4 nitrogen and oxygen atoms in total. The zero-order valence-electron chi connectivity index (χ0n) is 11.0. The van der Waals surface area contributed by atoms with E-state index in [1.807, 2.05) is 0 Å². The lowest BCUT2D eigenvalue weighted by Crippen LogP contribution is -2.31. The standard InChI is InChI=1S/C13H19FN2O2S/c1-16(9-10-4-2-3-5-10)19(17,18)13-8-11(14)6-7-12(13)15/h6-8,10H,2-5,9,15H2,1H3. The normalized spacial score (nSPS) is 17.2. The summed E-state index contributed by atoms with van der Waals surface area (Å²) in [6, 6.07) is 3.42. The van der Waals surface area contributed by atoms with Crippen molar-refractivity contribution in [2.24, 2.45) is 5.92 Å². The van der Waals surface area contributed by atoms with Crippen LogP contribution in [0.15, 0.2) is 23.1 Å². The van der Waals surface area contributed by atoms with Gasteiger partial charge in [-0.15, -0.1) is 0 Å². The van der Waals surface area contributed by atoms with Gasteiger partial charge in [-0.1, -0.05) is 12.8 Å². The Morgan fingerprint density at radius 2 is 2.00 bits per heavy atom. The quantitative estimate of drug-likeness (QED) is 0.863. The van der Waals surface area contributed by atoms with E-state index in [-0.39, 0.29) is 10.6 Å². The number of rotatable bonds is 4. The van der Waals surface area contributed by atoms with Gasteiger partial charge >= 0.3 is 0 Å². The van der Waals surface area contributed by atoms with Crippen LogP contribution in [0.25, 0.3) is 0 Å². The topological polar surface area (TPSA) is 63.4 Å². The Balaban J connectivity index is 2.22. The van der Waals surface area contributed by atoms with Crippen LogP contribution in [-0.4, -0.2) is 26.3 Å². The third-order valence-electron chi connectivity index (χ3n) is 3.65. The summed E-state index contributed by atoms with van der Waals surface area (Å²) in [5.41, 5.74) is 5.73. The molecule has 0 amide bonds. The fraction of sp³-hybridized carbons (Fsp3) is 0.538. The van der Waals surface area contributed by atoms with E-state index in [9.17, 15) is 12.8 Å². The molecule has 0 spiro atoms. The molecule has 0 unspecified atom stereocenters. The van der Waals surface area contributed by atoms with Crippen molar-refractivity contribution in [1.82, 2.24) is 4.31 Å². The van der Waals surface area contributed by atoms with Gasteiger partial charge in [0.25, 0.3) is 0 Å². The van der Waals surface area contributed by atoms with Crippen LogP contribution in [0.2, 0.25) is 0 Å². The summed E-state index contributed by atoms with van der Waals surface area (Å²) in [6.07, 6.45) is 4.41. The highest BCUT2D eigenvalue weighted by Gasteiger charge is 2.27. The van der Waals surface area contributed by atoms with Crippen molar-refractivity contribution >= 4 is 15.7 Å². The number of nitrogens with two attached hydrogens (primary N) is 1. The first kappa shape index (κ1) is 14.3. The summed E-state index contributed by atoms with van der Waals surface area (Å²) < 4.78 is 39.2. The van der Waals surface area contributed by atoms with Crippen molar-refractivity contribution in [3.8, 4) is 0 Å². The molecular formula is C13H19FN2O2S. The van der Waals surface area contributed by atoms with Crippen LogP contribution in [0.5, 0.6) is 0 Å². The van der Waals surface area contributed by atoms with Gasteiger partial charge in [0, 0.05) is 13.6 Å². The second kappa shape index (κ2) is 5.46. The lowest BCUT2D eigenvalue weighted by atomic mass is 10.1. The molecule has 0 aliphatic heterocycles. The fourth-order valence-electron chi connectivity index (χ4n) is 2.55. The zero-order chi connectivity index (χ0) is 14.0. The first-order valence-electron chi connectivity index (χ1n) is 6.42. The average Bonchev–Trinajstić information content (AvgIpc) is 2.85. The minimum Gasteiger partial charge on any atom is -0.398 e. The smallest absolute Gasteiger partial charge is 0.244 e. The van der Waals surface area contributed by atoms with Crippen molar-refractivity contribution in [1.29, 1.82) is 0 Å². The summed E-state index contributed by atoms with van der Waals surface area (Å²) in [5.74, 6) is -0.198. The minimum absolute atomic E-state index is 0.0830. The zero-order valence-corrected chi connectivity index (χ0v) is 11.8. The van der Waals surface area contributed by atoms with Crippen LogP contribution in [-0.2, 0) is 10.0 Å². The highest BCUT2D eigenvalue weighted by Crippen LogP contribution is 2.28. The molecule has 19 heavy (non-hydrogen) atoms. The van der Waals surface area contributed by atoms with Crippen molar-refractivity contribution in [2.75, 3.05) is 19.3 Å². The molecule has 1 aliphatic carbocycles. The van der Waals surface area contributed by atoms with Gasteiger partial charge in [-0.25, -0.2) is 17.1 Å². The van der Waals surface area contributed by atoms with Crippen LogP contribution in [0, 0.1) is 11.7 Å². The van der Waals surface area contributed by atoms with Crippen molar-refractivity contribution in [3.63, 3.8) is 0 Å². The summed E-state index contributed by atoms with van der Waals surface area (Å²) in [6.45, 7) is 0.471. The van der Waals surface area contributed by atoms with Crippen LogP contribution in [0.1, 0.15) is 25.7 Å². The van der Waals surface area contributed by atoms with Gasteiger partial charge in [-0.05, 0) is 37.0 Å². The highest BCUT2D eigenvalue weighted by molar-refractivity contribution is 7.89. The second-order valence-electron chi connectivity index (χ2n) is 5.12. The maximum atomic E-state index is 13.2. The Morgan fingerprint density at radius 1 is 1.37 bits per heavy atom. The van der Waals surface area contributed by atoms with Crippen LogP contribution >= 0.6 is 0 Å². The second-order valence-corrected chi connectivity index (χ2v) is 7.13. The molecule has 1 saturated carbocycles. The number of hydrogen-bond donors (Lipinski definition) is 1. The molecule has 0 radical (unpaired) electrons. The first-order chi connectivity index (χ1) is 8.91. The molecule has 0 saturated heterocycles. The molecular weight excluding hydrogens is 267 g/mol. The predicted molar refractivity (Wildman–Crippen MR) is 72.6 cm³/mol. The number of halogens is 1. The van der Waals surface area contributed by atoms with Crippen LogP contribution < -0.4 is 5.73 Å². The fourth-order valence-corrected chi connectivity index (χ4v) is 3.92. The van der Waals surface area contributed by atoms with Gasteiger partial charge in [0.05, 0.1) is 5.69 Å². The van der Waals surface area contributed by atoms with E-state index in [2.05, 4.69) is 0 Å². The van der Waals surface area contributed by atoms with Gasteiger partial charge in [-0.2, -0.15) is 0 Å². The average molecular weight is 286 g/mol. The number of anilines is 1. The molecule has 2 rings (SSSR count). The molecule has 0 heterocycles. The Kier molecular flexibility index (Phi) is 4.10. The van der Waals surface area contributed by atoms with Crippen molar-refractivity contribution in [2.45, 2.75) is 30.6 Å². The van der Waals surface area contributed by atoms with Gasteiger partial charge in [-0.3, -0.25) is 0 Å². The highest BCUT2D eigenvalue weighted by atomic mass is 32.2. The maximum Gasteiger partial charge on any atom is 0.244 e. The molecule has 1 aliphatic rings. The number of sulfonamides is 1. The molecule has 6 heteroatoms. The van der Waals surface area contributed by atoms with Crippen LogP contribution in [0.4, 0.5) is 10.1 Å². The molecule has 0 atom stereocenters. The monoisotopic (exact) mass is 286 g/mol. The largest absolute Gasteiger partial charge is 0.398 e. The van der Waals surface area contributed by atoms with Gasteiger partial charge < -0.3 is 5.73 Å². The Morgan fingerprint density at radius 3 is 2.63 bits per heavy atom. The van der Waals surface area contributed by atoms with E-state index in [4.69, 9.17) is 5.73 Å². The number of hydrogen-bond acceptors (Lipinski definition) is 3. The number of nitrogen functional groups attached to an aromatic ring is 1. The summed E-state index contributed by atoms with van der Waals surface area (Å²) in [4.78, 5) is -0.145. The number of benzene rings is 1. The van der Waals surface area contributed by atoms with E-state index in [1.165, 1.54) is 17.4 Å². The molecule has 2 N–H and O–H groups in total. The van der Waals surface area contributed by atoms with Crippen molar-refractivity contribution < 1.29 is 12.8 Å². The van der Waals surface area contributed by atoms with E-state index < -0.39 is 15.8 Å². The minimum atomic E-state index is -3.71. The van der Waals surface area contributed by atoms with Gasteiger partial charge in [0.1, 0.15) is 10.7 Å². The Bertz CT molecular complexity index is 554. The molecule has 0 bridgehead atoms. The van der Waals surface area contributed by atoms with Crippen molar-refractivity contribution in [3.05, 3.63) is 24.0 Å². The lowest BCUT2D eigenvalue weighted by molar-refractivity contribution is 0.387. The van der Waals surface area contributed by atoms with Crippen LogP contribution in [0.3, 0.4) is 0 Å². The Labute approximate surface area is 113 Å². The molecule has 106 valence electrons. The lowest BCUT2D eigenvalue weighted by Gasteiger charge is -2.21. The van der Waals surface area contributed by atoms with E-state index in [0.717, 1.165) is 37.8 Å². The molecule has 1 aromatic carbocycles. The SMILES string of the molecule is CN(CC1CCCC1)S(=O)(=O)c1cc(F)ccc1N. The van der Waals surface area contributed by atoms with E-state index in [0.29, 0.717) is 12.5 Å². The maximum absolute atomic E-state index is 13.2. The molecule has 1 aromatic rings. The third kappa shape index (κ3) is 3.06. The number of nitrogens with zero attached hydrogens (tertiary/aromatic N) is 1. The molecule has 1 fully saturated rings. The van der Waals surface area contributed by atoms with Gasteiger partial charge in [0.2, 0.25) is 10.0 Å². The summed E-state index contributed by atoms with van der Waals surface area (Å²) in [5, 5.41) is 0. The first-order valence-corrected chi connectivity index (χ1v) is 7.86. The van der Waals surface area contributed by atoms with Gasteiger partial charge in [0.15, 0.2) is 0 Å². The predicted octanol–water partition coefficient (Wildman–Crippen LogP) is 2.22. The third-order valence-corrected chi connectivity index (χ3v) is 5.53. The Hall–Kier alpha value is -1.14. The molecule has 0 aromatic heterocycles.